The van der Waals surface area contributed by atoms with E-state index in [1.165, 1.54) is 42.0 Å². The summed E-state index contributed by atoms with van der Waals surface area (Å²) in [5.74, 6) is 1.78. The second-order valence-corrected chi connectivity index (χ2v) is 7.51. The molecule has 0 aromatic carbocycles. The lowest BCUT2D eigenvalue weighted by Crippen LogP contribution is -2.11. The molecule has 0 unspecified atom stereocenters. The molecule has 1 saturated carbocycles. The predicted octanol–water partition coefficient (Wildman–Crippen LogP) is 5.12. The second kappa shape index (κ2) is 5.09. The molecule has 0 radical (unpaired) electrons. The third-order valence-electron chi connectivity index (χ3n) is 3.99. The van der Waals surface area contributed by atoms with Gasteiger partial charge in [-0.05, 0) is 37.5 Å². The Morgan fingerprint density at radius 2 is 1.88 bits per heavy atom. The Kier molecular flexibility index (Phi) is 3.92. The van der Waals surface area contributed by atoms with Crippen molar-refractivity contribution in [1.82, 2.24) is 4.98 Å². The van der Waals surface area contributed by atoms with E-state index in [4.69, 9.17) is 0 Å². The van der Waals surface area contributed by atoms with Crippen LogP contribution in [0.4, 0.5) is 0 Å². The molecule has 96 valence electrons. The monoisotopic (exact) mass is 251 g/mol. The van der Waals surface area contributed by atoms with Gasteiger partial charge in [-0.15, -0.1) is 11.3 Å². The SMILES string of the molecule is CCC1CCC(c2cnc(C(C)(C)C)s2)CC1. The minimum atomic E-state index is 0.212. The Morgan fingerprint density at radius 1 is 1.24 bits per heavy atom. The van der Waals surface area contributed by atoms with Crippen LogP contribution in [0.15, 0.2) is 6.20 Å². The van der Waals surface area contributed by atoms with Crippen LogP contribution in [-0.2, 0) is 5.41 Å². The van der Waals surface area contributed by atoms with E-state index in [0.29, 0.717) is 0 Å². The minimum absolute atomic E-state index is 0.212. The molecule has 0 N–H and O–H groups in total. The van der Waals surface area contributed by atoms with Crippen molar-refractivity contribution in [3.8, 4) is 0 Å². The highest BCUT2D eigenvalue weighted by molar-refractivity contribution is 7.11. The van der Waals surface area contributed by atoms with Gasteiger partial charge in [-0.25, -0.2) is 4.98 Å². The first-order chi connectivity index (χ1) is 8.00. The molecule has 2 rings (SSSR count). The van der Waals surface area contributed by atoms with Crippen molar-refractivity contribution in [2.45, 2.75) is 71.1 Å². The first-order valence-electron chi connectivity index (χ1n) is 6.97. The highest BCUT2D eigenvalue weighted by atomic mass is 32.1. The van der Waals surface area contributed by atoms with E-state index in [1.807, 2.05) is 11.3 Å². The molecular weight excluding hydrogens is 226 g/mol. The highest BCUT2D eigenvalue weighted by Crippen LogP contribution is 2.40. The molecule has 0 aliphatic heterocycles. The fourth-order valence-electron chi connectivity index (χ4n) is 2.68. The van der Waals surface area contributed by atoms with Gasteiger partial charge in [-0.2, -0.15) is 0 Å². The summed E-state index contributed by atoms with van der Waals surface area (Å²) < 4.78 is 0. The van der Waals surface area contributed by atoms with Gasteiger partial charge in [0.1, 0.15) is 0 Å². The molecule has 1 aliphatic carbocycles. The van der Waals surface area contributed by atoms with E-state index in [-0.39, 0.29) is 5.41 Å². The summed E-state index contributed by atoms with van der Waals surface area (Å²) in [6, 6.07) is 0. The van der Waals surface area contributed by atoms with Crippen molar-refractivity contribution < 1.29 is 0 Å². The Morgan fingerprint density at radius 3 is 2.35 bits per heavy atom. The number of nitrogens with zero attached hydrogens (tertiary/aromatic N) is 1. The predicted molar refractivity (Wildman–Crippen MR) is 75.8 cm³/mol. The average Bonchev–Trinajstić information content (AvgIpc) is 2.78. The lowest BCUT2D eigenvalue weighted by Gasteiger charge is -2.26. The summed E-state index contributed by atoms with van der Waals surface area (Å²) in [5, 5.41) is 1.30. The summed E-state index contributed by atoms with van der Waals surface area (Å²) in [6.45, 7) is 9.09. The van der Waals surface area contributed by atoms with E-state index in [2.05, 4.69) is 38.9 Å². The van der Waals surface area contributed by atoms with E-state index in [9.17, 15) is 0 Å². The van der Waals surface area contributed by atoms with Crippen LogP contribution >= 0.6 is 11.3 Å². The summed E-state index contributed by atoms with van der Waals surface area (Å²) in [4.78, 5) is 6.15. The zero-order valence-corrected chi connectivity index (χ0v) is 12.4. The first-order valence-corrected chi connectivity index (χ1v) is 7.78. The molecule has 0 atom stereocenters. The van der Waals surface area contributed by atoms with Crippen LogP contribution < -0.4 is 0 Å². The van der Waals surface area contributed by atoms with Crippen LogP contribution in [0.1, 0.15) is 75.6 Å². The Bertz CT molecular complexity index is 353. The Balaban J connectivity index is 2.02. The molecule has 1 fully saturated rings. The fraction of sp³-hybridized carbons (Fsp3) is 0.800. The zero-order valence-electron chi connectivity index (χ0n) is 11.6. The topological polar surface area (TPSA) is 12.9 Å². The summed E-state index contributed by atoms with van der Waals surface area (Å²) >= 11 is 1.94. The number of thiazole rings is 1. The Labute approximate surface area is 110 Å². The first kappa shape index (κ1) is 13.1. The maximum atomic E-state index is 4.62. The van der Waals surface area contributed by atoms with Crippen molar-refractivity contribution >= 4 is 11.3 Å². The molecule has 1 aromatic rings. The van der Waals surface area contributed by atoms with Gasteiger partial charge in [0.15, 0.2) is 0 Å². The molecule has 0 saturated heterocycles. The molecule has 1 aliphatic rings. The molecule has 1 heterocycles. The van der Waals surface area contributed by atoms with Gasteiger partial charge in [0.25, 0.3) is 0 Å². The molecule has 0 spiro atoms. The van der Waals surface area contributed by atoms with Crippen molar-refractivity contribution in [2.75, 3.05) is 0 Å². The Hall–Kier alpha value is -0.370. The smallest absolute Gasteiger partial charge is 0.0981 e. The summed E-state index contributed by atoms with van der Waals surface area (Å²) in [7, 11) is 0. The van der Waals surface area contributed by atoms with Crippen LogP contribution in [0.3, 0.4) is 0 Å². The molecule has 0 amide bonds. The number of hydrogen-bond acceptors (Lipinski definition) is 2. The summed E-state index contributed by atoms with van der Waals surface area (Å²) in [5.41, 5.74) is 0.212. The van der Waals surface area contributed by atoms with E-state index in [0.717, 1.165) is 11.8 Å². The van der Waals surface area contributed by atoms with Crippen LogP contribution in [0.2, 0.25) is 0 Å². The van der Waals surface area contributed by atoms with E-state index < -0.39 is 0 Å². The number of hydrogen-bond donors (Lipinski definition) is 0. The van der Waals surface area contributed by atoms with Gasteiger partial charge in [-0.1, -0.05) is 34.1 Å². The van der Waals surface area contributed by atoms with Gasteiger partial charge in [-0.3, -0.25) is 0 Å². The quantitative estimate of drug-likeness (QED) is 0.710. The summed E-state index contributed by atoms with van der Waals surface area (Å²) in [6.07, 6.45) is 9.10. The van der Waals surface area contributed by atoms with Crippen molar-refractivity contribution in [3.63, 3.8) is 0 Å². The largest absolute Gasteiger partial charge is 0.249 e. The molecular formula is C15H25NS. The number of rotatable bonds is 2. The molecule has 2 heteroatoms. The van der Waals surface area contributed by atoms with Crippen LogP contribution in [0.5, 0.6) is 0 Å². The molecule has 17 heavy (non-hydrogen) atoms. The molecule has 1 nitrogen and oxygen atoms in total. The average molecular weight is 251 g/mol. The van der Waals surface area contributed by atoms with Gasteiger partial charge in [0.05, 0.1) is 5.01 Å². The van der Waals surface area contributed by atoms with Crippen LogP contribution in [0, 0.1) is 5.92 Å². The van der Waals surface area contributed by atoms with Gasteiger partial charge >= 0.3 is 0 Å². The van der Waals surface area contributed by atoms with Crippen molar-refractivity contribution in [2.24, 2.45) is 5.92 Å². The fourth-order valence-corrected chi connectivity index (χ4v) is 3.82. The molecule has 1 aromatic heterocycles. The van der Waals surface area contributed by atoms with Crippen LogP contribution in [-0.4, -0.2) is 4.98 Å². The van der Waals surface area contributed by atoms with Gasteiger partial charge in [0, 0.05) is 16.5 Å². The minimum Gasteiger partial charge on any atom is -0.249 e. The maximum absolute atomic E-state index is 4.62. The highest BCUT2D eigenvalue weighted by Gasteiger charge is 2.25. The lowest BCUT2D eigenvalue weighted by atomic mass is 9.80. The molecule has 0 bridgehead atoms. The normalized spacial score (nSPS) is 26.1. The number of aromatic nitrogens is 1. The second-order valence-electron chi connectivity index (χ2n) is 6.44. The lowest BCUT2D eigenvalue weighted by molar-refractivity contribution is 0.321. The third kappa shape index (κ3) is 3.09. The van der Waals surface area contributed by atoms with E-state index >= 15 is 0 Å². The van der Waals surface area contributed by atoms with Crippen LogP contribution in [0.25, 0.3) is 0 Å². The maximum Gasteiger partial charge on any atom is 0.0981 e. The standard InChI is InChI=1S/C15H25NS/c1-5-11-6-8-12(9-7-11)13-10-16-14(17-13)15(2,3)4/h10-12H,5-9H2,1-4H3. The van der Waals surface area contributed by atoms with Gasteiger partial charge < -0.3 is 0 Å². The third-order valence-corrected chi connectivity index (χ3v) is 5.58. The van der Waals surface area contributed by atoms with Crippen molar-refractivity contribution in [3.05, 3.63) is 16.1 Å². The zero-order chi connectivity index (χ0) is 12.5. The van der Waals surface area contributed by atoms with Crippen molar-refractivity contribution in [1.29, 1.82) is 0 Å². The van der Waals surface area contributed by atoms with Gasteiger partial charge in [0.2, 0.25) is 0 Å². The van der Waals surface area contributed by atoms with E-state index in [1.54, 1.807) is 0 Å².